The van der Waals surface area contributed by atoms with Crippen molar-refractivity contribution < 1.29 is 19.7 Å². The molecule has 6 heteroatoms. The Labute approximate surface area is 182 Å². The molecule has 31 heavy (non-hydrogen) atoms. The van der Waals surface area contributed by atoms with Gasteiger partial charge in [-0.2, -0.15) is 10.2 Å². The number of unbranched alkanes of at least 4 members (excludes halogenated alkanes) is 3. The van der Waals surface area contributed by atoms with Gasteiger partial charge in [-0.3, -0.25) is 0 Å². The molecular formula is C25H28N2O4. The number of nitrogens with zero attached hydrogens (tertiary/aromatic N) is 2. The summed E-state index contributed by atoms with van der Waals surface area (Å²) in [7, 11) is 1.63. The quantitative estimate of drug-likeness (QED) is 0.205. The van der Waals surface area contributed by atoms with Crippen LogP contribution in [0.5, 0.6) is 23.0 Å². The number of methoxy groups -OCH3 is 1. The summed E-state index contributed by atoms with van der Waals surface area (Å²) in [4.78, 5) is 0. The van der Waals surface area contributed by atoms with Crippen molar-refractivity contribution in [3.05, 3.63) is 72.3 Å². The van der Waals surface area contributed by atoms with E-state index in [0.717, 1.165) is 60.5 Å². The molecule has 2 N–H and O–H groups in total. The van der Waals surface area contributed by atoms with E-state index in [0.29, 0.717) is 6.61 Å². The zero-order valence-corrected chi connectivity index (χ0v) is 17.7. The van der Waals surface area contributed by atoms with Crippen molar-refractivity contribution in [2.75, 3.05) is 13.7 Å². The van der Waals surface area contributed by atoms with E-state index in [4.69, 9.17) is 9.47 Å². The van der Waals surface area contributed by atoms with Crippen molar-refractivity contribution in [2.45, 2.75) is 32.1 Å². The van der Waals surface area contributed by atoms with E-state index in [9.17, 15) is 10.2 Å². The second-order valence-corrected chi connectivity index (χ2v) is 7.22. The molecule has 0 saturated carbocycles. The van der Waals surface area contributed by atoms with Gasteiger partial charge in [0, 0.05) is 0 Å². The third-order valence-electron chi connectivity index (χ3n) is 4.86. The summed E-state index contributed by atoms with van der Waals surface area (Å²) in [5.41, 5.74) is 2.32. The van der Waals surface area contributed by atoms with E-state index in [-0.39, 0.29) is 11.5 Å². The highest BCUT2D eigenvalue weighted by Gasteiger charge is 2.02. The molecule has 0 heterocycles. The fourth-order valence-corrected chi connectivity index (χ4v) is 3.11. The summed E-state index contributed by atoms with van der Waals surface area (Å²) in [6.07, 6.45) is 4.78. The van der Waals surface area contributed by atoms with Gasteiger partial charge in [-0.25, -0.2) is 0 Å². The minimum Gasteiger partial charge on any atom is -0.508 e. The van der Waals surface area contributed by atoms with Gasteiger partial charge in [0.05, 0.1) is 25.1 Å². The molecule has 0 aliphatic heterocycles. The zero-order chi connectivity index (χ0) is 21.9. The predicted molar refractivity (Wildman–Crippen MR) is 121 cm³/mol. The van der Waals surface area contributed by atoms with E-state index >= 15 is 0 Å². The lowest BCUT2D eigenvalue weighted by Gasteiger charge is -2.07. The molecule has 3 aromatic carbocycles. The summed E-state index contributed by atoms with van der Waals surface area (Å²) in [5.74, 6) is 2.03. The Morgan fingerprint density at radius 3 is 1.97 bits per heavy atom. The van der Waals surface area contributed by atoms with Crippen molar-refractivity contribution in [2.24, 2.45) is 10.2 Å². The van der Waals surface area contributed by atoms with Crippen LogP contribution in [0.2, 0.25) is 0 Å². The Hall–Kier alpha value is -3.54. The van der Waals surface area contributed by atoms with Crippen LogP contribution in [0.3, 0.4) is 0 Å². The first-order valence-electron chi connectivity index (χ1n) is 10.4. The number of hydrogen-bond donors (Lipinski definition) is 2. The summed E-state index contributed by atoms with van der Waals surface area (Å²) in [5, 5.41) is 27.7. The molecule has 0 aromatic heterocycles. The molecule has 0 aliphatic rings. The van der Waals surface area contributed by atoms with Gasteiger partial charge in [-0.05, 0) is 91.6 Å². The van der Waals surface area contributed by atoms with Crippen molar-refractivity contribution >= 4 is 11.4 Å². The Balaban J connectivity index is 1.33. The van der Waals surface area contributed by atoms with Crippen LogP contribution in [0.1, 0.15) is 31.2 Å². The van der Waals surface area contributed by atoms with Crippen LogP contribution in [0.25, 0.3) is 0 Å². The Morgan fingerprint density at radius 2 is 1.32 bits per heavy atom. The lowest BCUT2D eigenvalue weighted by molar-refractivity contribution is 0.304. The first-order valence-corrected chi connectivity index (χ1v) is 10.4. The number of phenols is 2. The fourth-order valence-electron chi connectivity index (χ4n) is 3.11. The number of aromatic hydroxyl groups is 2. The van der Waals surface area contributed by atoms with Crippen LogP contribution >= 0.6 is 0 Å². The number of phenolic OH excluding ortho intramolecular Hbond substituents is 2. The standard InChI is InChI=1S/C25H28N2O4/c1-30-23-12-7-20(8-13-23)26-27-21-9-14-24(15-10-21)31-17-5-3-2-4-6-19-18-22(28)11-16-25(19)29/h7-16,18,28-29H,2-6,17H2,1H3. The van der Waals surface area contributed by atoms with Crippen molar-refractivity contribution in [1.82, 2.24) is 0 Å². The van der Waals surface area contributed by atoms with Gasteiger partial charge in [0.2, 0.25) is 0 Å². The van der Waals surface area contributed by atoms with Crippen LogP contribution in [0, 0.1) is 0 Å². The molecule has 0 aliphatic carbocycles. The average molecular weight is 421 g/mol. The fraction of sp³-hybridized carbons (Fsp3) is 0.280. The summed E-state index contributed by atoms with van der Waals surface area (Å²) < 4.78 is 10.9. The number of rotatable bonds is 11. The maximum absolute atomic E-state index is 9.78. The third kappa shape index (κ3) is 7.33. The Morgan fingerprint density at radius 1 is 0.710 bits per heavy atom. The first-order chi connectivity index (χ1) is 15.1. The lowest BCUT2D eigenvalue weighted by atomic mass is 10.1. The van der Waals surface area contributed by atoms with Crippen LogP contribution in [-0.4, -0.2) is 23.9 Å². The summed E-state index contributed by atoms with van der Waals surface area (Å²) >= 11 is 0. The van der Waals surface area contributed by atoms with Gasteiger partial charge >= 0.3 is 0 Å². The van der Waals surface area contributed by atoms with E-state index in [1.807, 2.05) is 48.5 Å². The summed E-state index contributed by atoms with van der Waals surface area (Å²) in [6.45, 7) is 0.657. The molecule has 3 aromatic rings. The highest BCUT2D eigenvalue weighted by atomic mass is 16.5. The molecule has 0 spiro atoms. The molecule has 0 fully saturated rings. The van der Waals surface area contributed by atoms with Crippen LogP contribution in [0.4, 0.5) is 11.4 Å². The summed E-state index contributed by atoms with van der Waals surface area (Å²) in [6, 6.07) is 19.6. The number of azo groups is 1. The van der Waals surface area contributed by atoms with Crippen molar-refractivity contribution in [1.29, 1.82) is 0 Å². The molecular weight excluding hydrogens is 392 g/mol. The van der Waals surface area contributed by atoms with Crippen LogP contribution < -0.4 is 9.47 Å². The van der Waals surface area contributed by atoms with Crippen molar-refractivity contribution in [3.8, 4) is 23.0 Å². The van der Waals surface area contributed by atoms with Crippen LogP contribution in [-0.2, 0) is 6.42 Å². The SMILES string of the molecule is COc1ccc(N=Nc2ccc(OCCCCCCc3cc(O)ccc3O)cc2)cc1. The van der Waals surface area contributed by atoms with Gasteiger partial charge in [0.1, 0.15) is 23.0 Å². The van der Waals surface area contributed by atoms with Gasteiger partial charge in [0.25, 0.3) is 0 Å². The lowest BCUT2D eigenvalue weighted by Crippen LogP contribution is -1.97. The smallest absolute Gasteiger partial charge is 0.119 e. The normalized spacial score (nSPS) is 11.0. The van der Waals surface area contributed by atoms with Crippen molar-refractivity contribution in [3.63, 3.8) is 0 Å². The van der Waals surface area contributed by atoms with Gasteiger partial charge in [-0.1, -0.05) is 12.8 Å². The maximum Gasteiger partial charge on any atom is 0.119 e. The molecule has 0 saturated heterocycles. The topological polar surface area (TPSA) is 83.6 Å². The predicted octanol–water partition coefficient (Wildman–Crippen LogP) is 6.70. The number of hydrogen-bond acceptors (Lipinski definition) is 6. The van der Waals surface area contributed by atoms with E-state index in [1.165, 1.54) is 12.1 Å². The number of aryl methyl sites for hydroxylation is 1. The number of benzene rings is 3. The molecule has 0 amide bonds. The Bertz CT molecular complexity index is 970. The van der Waals surface area contributed by atoms with Crippen LogP contribution in [0.15, 0.2) is 77.0 Å². The minimum atomic E-state index is 0.189. The van der Waals surface area contributed by atoms with E-state index < -0.39 is 0 Å². The largest absolute Gasteiger partial charge is 0.508 e. The molecule has 162 valence electrons. The monoisotopic (exact) mass is 420 g/mol. The number of ether oxygens (including phenoxy) is 2. The van der Waals surface area contributed by atoms with Gasteiger partial charge in [-0.15, -0.1) is 0 Å². The first kappa shape index (κ1) is 22.2. The minimum absolute atomic E-state index is 0.189. The second-order valence-electron chi connectivity index (χ2n) is 7.22. The highest BCUT2D eigenvalue weighted by Crippen LogP contribution is 2.25. The van der Waals surface area contributed by atoms with Gasteiger partial charge < -0.3 is 19.7 Å². The molecule has 0 radical (unpaired) electrons. The Kier molecular flexibility index (Phi) is 8.29. The molecule has 6 nitrogen and oxygen atoms in total. The third-order valence-corrected chi connectivity index (χ3v) is 4.86. The maximum atomic E-state index is 9.78. The van der Waals surface area contributed by atoms with E-state index in [1.54, 1.807) is 13.2 Å². The van der Waals surface area contributed by atoms with Gasteiger partial charge in [0.15, 0.2) is 0 Å². The van der Waals surface area contributed by atoms with E-state index in [2.05, 4.69) is 10.2 Å². The second kappa shape index (κ2) is 11.6. The zero-order valence-electron chi connectivity index (χ0n) is 17.7. The highest BCUT2D eigenvalue weighted by molar-refractivity contribution is 5.44. The average Bonchev–Trinajstić information content (AvgIpc) is 2.80. The molecule has 0 bridgehead atoms. The molecule has 0 unspecified atom stereocenters. The molecule has 3 rings (SSSR count). The molecule has 0 atom stereocenters.